The standard InChI is InChI=1S/C18H38N2O3/c1-9-14(10-2)15(21)13-19-11-12-20(17(3,4)5)16(22)23-18(6,7)8/h14-15,19,21H,9-13H2,1-8H3. The van der Waals surface area contributed by atoms with Gasteiger partial charge in [-0.05, 0) is 47.5 Å². The van der Waals surface area contributed by atoms with Crippen molar-refractivity contribution in [3.63, 3.8) is 0 Å². The molecule has 5 heteroatoms. The van der Waals surface area contributed by atoms with Crippen molar-refractivity contribution in [3.05, 3.63) is 0 Å². The summed E-state index contributed by atoms with van der Waals surface area (Å²) in [4.78, 5) is 14.1. The first kappa shape index (κ1) is 22.2. The van der Waals surface area contributed by atoms with Gasteiger partial charge in [0, 0.05) is 25.2 Å². The van der Waals surface area contributed by atoms with Gasteiger partial charge in [-0.3, -0.25) is 0 Å². The second-order valence-corrected chi connectivity index (χ2v) is 8.15. The summed E-state index contributed by atoms with van der Waals surface area (Å²) in [6, 6.07) is 0. The van der Waals surface area contributed by atoms with E-state index < -0.39 is 5.60 Å². The van der Waals surface area contributed by atoms with Crippen molar-refractivity contribution in [2.75, 3.05) is 19.6 Å². The Morgan fingerprint density at radius 3 is 2.04 bits per heavy atom. The van der Waals surface area contributed by atoms with Crippen LogP contribution in [-0.2, 0) is 4.74 Å². The molecule has 2 N–H and O–H groups in total. The number of carbonyl (C=O) groups is 1. The molecule has 0 rings (SSSR count). The number of amides is 1. The molecule has 0 radical (unpaired) electrons. The minimum Gasteiger partial charge on any atom is -0.444 e. The fourth-order valence-corrected chi connectivity index (χ4v) is 2.46. The molecule has 5 nitrogen and oxygen atoms in total. The summed E-state index contributed by atoms with van der Waals surface area (Å²) in [6.07, 6.45) is 1.32. The summed E-state index contributed by atoms with van der Waals surface area (Å²) in [5, 5.41) is 13.4. The van der Waals surface area contributed by atoms with Crippen molar-refractivity contribution in [2.24, 2.45) is 5.92 Å². The highest BCUT2D eigenvalue weighted by Gasteiger charge is 2.30. The van der Waals surface area contributed by atoms with Crippen molar-refractivity contribution < 1.29 is 14.6 Å². The summed E-state index contributed by atoms with van der Waals surface area (Å²) < 4.78 is 5.49. The van der Waals surface area contributed by atoms with Gasteiger partial charge in [0.1, 0.15) is 5.60 Å². The Morgan fingerprint density at radius 1 is 1.13 bits per heavy atom. The van der Waals surface area contributed by atoms with E-state index in [0.717, 1.165) is 12.8 Å². The summed E-state index contributed by atoms with van der Waals surface area (Å²) in [5.74, 6) is 0.326. The number of carbonyl (C=O) groups excluding carboxylic acids is 1. The number of ether oxygens (including phenoxy) is 1. The molecule has 1 atom stereocenters. The monoisotopic (exact) mass is 330 g/mol. The lowest BCUT2D eigenvalue weighted by Crippen LogP contribution is -2.50. The van der Waals surface area contributed by atoms with Gasteiger partial charge in [-0.25, -0.2) is 4.79 Å². The van der Waals surface area contributed by atoms with Crippen LogP contribution in [0.25, 0.3) is 0 Å². The highest BCUT2D eigenvalue weighted by molar-refractivity contribution is 5.69. The lowest BCUT2D eigenvalue weighted by atomic mass is 9.96. The zero-order valence-electron chi connectivity index (χ0n) is 16.4. The molecular formula is C18H38N2O3. The van der Waals surface area contributed by atoms with Crippen LogP contribution in [0.4, 0.5) is 4.79 Å². The molecule has 0 heterocycles. The van der Waals surface area contributed by atoms with Crippen molar-refractivity contribution in [1.82, 2.24) is 10.2 Å². The third-order valence-electron chi connectivity index (χ3n) is 3.88. The van der Waals surface area contributed by atoms with E-state index in [9.17, 15) is 9.90 Å². The van der Waals surface area contributed by atoms with E-state index in [0.29, 0.717) is 25.6 Å². The van der Waals surface area contributed by atoms with Crippen LogP contribution in [0.2, 0.25) is 0 Å². The molecule has 23 heavy (non-hydrogen) atoms. The second-order valence-electron chi connectivity index (χ2n) is 8.15. The maximum Gasteiger partial charge on any atom is 0.410 e. The molecule has 138 valence electrons. The van der Waals surface area contributed by atoms with Gasteiger partial charge in [0.05, 0.1) is 6.10 Å². The third-order valence-corrected chi connectivity index (χ3v) is 3.88. The molecule has 0 aliphatic rings. The highest BCUT2D eigenvalue weighted by atomic mass is 16.6. The van der Waals surface area contributed by atoms with E-state index in [2.05, 4.69) is 19.2 Å². The van der Waals surface area contributed by atoms with Crippen LogP contribution < -0.4 is 5.32 Å². The quantitative estimate of drug-likeness (QED) is 0.670. The number of rotatable bonds is 8. The molecule has 0 aliphatic carbocycles. The van der Waals surface area contributed by atoms with Crippen LogP contribution in [0.3, 0.4) is 0 Å². The van der Waals surface area contributed by atoms with Gasteiger partial charge >= 0.3 is 6.09 Å². The Bertz CT molecular complexity index is 341. The van der Waals surface area contributed by atoms with Crippen molar-refractivity contribution in [1.29, 1.82) is 0 Å². The number of aliphatic hydroxyl groups is 1. The van der Waals surface area contributed by atoms with Gasteiger partial charge < -0.3 is 20.1 Å². The van der Waals surface area contributed by atoms with E-state index in [1.165, 1.54) is 0 Å². The van der Waals surface area contributed by atoms with E-state index >= 15 is 0 Å². The Morgan fingerprint density at radius 2 is 1.65 bits per heavy atom. The first-order valence-corrected chi connectivity index (χ1v) is 8.81. The Hall–Kier alpha value is -0.810. The van der Waals surface area contributed by atoms with Crippen LogP contribution in [0.1, 0.15) is 68.2 Å². The number of hydrogen-bond acceptors (Lipinski definition) is 4. The van der Waals surface area contributed by atoms with Crippen LogP contribution >= 0.6 is 0 Å². The zero-order valence-corrected chi connectivity index (χ0v) is 16.4. The molecule has 0 fully saturated rings. The second kappa shape index (κ2) is 9.48. The van der Waals surface area contributed by atoms with Gasteiger partial charge in [-0.2, -0.15) is 0 Å². The van der Waals surface area contributed by atoms with Gasteiger partial charge in [-0.1, -0.05) is 26.7 Å². The van der Waals surface area contributed by atoms with Crippen LogP contribution in [0.15, 0.2) is 0 Å². The van der Waals surface area contributed by atoms with E-state index in [1.54, 1.807) is 4.90 Å². The summed E-state index contributed by atoms with van der Waals surface area (Å²) >= 11 is 0. The first-order valence-electron chi connectivity index (χ1n) is 8.81. The summed E-state index contributed by atoms with van der Waals surface area (Å²) in [5.41, 5.74) is -0.808. The fraction of sp³-hybridized carbons (Fsp3) is 0.944. The van der Waals surface area contributed by atoms with Crippen molar-refractivity contribution in [3.8, 4) is 0 Å². The molecule has 0 aliphatic heterocycles. The molecule has 0 saturated heterocycles. The fourth-order valence-electron chi connectivity index (χ4n) is 2.46. The zero-order chi connectivity index (χ0) is 18.3. The minimum atomic E-state index is -0.500. The normalized spacial score (nSPS) is 14.0. The summed E-state index contributed by atoms with van der Waals surface area (Å²) in [6.45, 7) is 17.5. The van der Waals surface area contributed by atoms with Crippen LogP contribution in [0.5, 0.6) is 0 Å². The molecule has 0 saturated carbocycles. The minimum absolute atomic E-state index is 0.299. The van der Waals surface area contributed by atoms with Crippen molar-refractivity contribution >= 4 is 6.09 Å². The van der Waals surface area contributed by atoms with Crippen molar-refractivity contribution in [2.45, 2.75) is 85.5 Å². The maximum absolute atomic E-state index is 12.4. The number of hydrogen-bond donors (Lipinski definition) is 2. The average Bonchev–Trinajstić information content (AvgIpc) is 2.36. The molecule has 0 aromatic heterocycles. The molecular weight excluding hydrogens is 292 g/mol. The largest absolute Gasteiger partial charge is 0.444 e. The SMILES string of the molecule is CCC(CC)C(O)CNCCN(C(=O)OC(C)(C)C)C(C)(C)C. The molecule has 0 aromatic rings. The predicted octanol–water partition coefficient (Wildman–Crippen LogP) is 3.41. The third kappa shape index (κ3) is 9.16. The molecule has 0 bridgehead atoms. The van der Waals surface area contributed by atoms with Gasteiger partial charge in [0.2, 0.25) is 0 Å². The molecule has 0 aromatic carbocycles. The molecule has 1 amide bonds. The topological polar surface area (TPSA) is 61.8 Å². The molecule has 1 unspecified atom stereocenters. The lowest BCUT2D eigenvalue weighted by molar-refractivity contribution is 0.00636. The van der Waals surface area contributed by atoms with E-state index in [1.807, 2.05) is 41.5 Å². The number of aliphatic hydroxyl groups excluding tert-OH is 1. The number of nitrogens with one attached hydrogen (secondary N) is 1. The predicted molar refractivity (Wildman–Crippen MR) is 95.6 cm³/mol. The van der Waals surface area contributed by atoms with Gasteiger partial charge in [-0.15, -0.1) is 0 Å². The summed E-state index contributed by atoms with van der Waals surface area (Å²) in [7, 11) is 0. The highest BCUT2D eigenvalue weighted by Crippen LogP contribution is 2.18. The molecule has 0 spiro atoms. The maximum atomic E-state index is 12.4. The van der Waals surface area contributed by atoms with E-state index in [4.69, 9.17) is 4.74 Å². The van der Waals surface area contributed by atoms with Gasteiger partial charge in [0.15, 0.2) is 0 Å². The number of nitrogens with zero attached hydrogens (tertiary/aromatic N) is 1. The Labute approximate surface area is 142 Å². The Balaban J connectivity index is 4.46. The van der Waals surface area contributed by atoms with Crippen LogP contribution in [-0.4, -0.2) is 53.0 Å². The average molecular weight is 331 g/mol. The van der Waals surface area contributed by atoms with Gasteiger partial charge in [0.25, 0.3) is 0 Å². The van der Waals surface area contributed by atoms with Crippen LogP contribution in [0, 0.1) is 5.92 Å². The Kier molecular flexibility index (Phi) is 9.14. The van der Waals surface area contributed by atoms with E-state index in [-0.39, 0.29) is 17.7 Å². The first-order chi connectivity index (χ1) is 10.4. The lowest BCUT2D eigenvalue weighted by Gasteiger charge is -2.37. The smallest absolute Gasteiger partial charge is 0.410 e.